The van der Waals surface area contributed by atoms with Crippen LogP contribution in [0.2, 0.25) is 0 Å². The highest BCUT2D eigenvalue weighted by Gasteiger charge is 2.34. The van der Waals surface area contributed by atoms with Gasteiger partial charge in [-0.05, 0) is 42.3 Å². The van der Waals surface area contributed by atoms with E-state index in [1.165, 1.54) is 6.07 Å². The zero-order valence-electron chi connectivity index (χ0n) is 20.7. The summed E-state index contributed by atoms with van der Waals surface area (Å²) in [7, 11) is 1.64. The zero-order chi connectivity index (χ0) is 25.1. The molecule has 0 spiro atoms. The summed E-state index contributed by atoms with van der Waals surface area (Å²) in [6.45, 7) is 5.07. The van der Waals surface area contributed by atoms with Crippen LogP contribution >= 0.6 is 0 Å². The Morgan fingerprint density at radius 3 is 2.44 bits per heavy atom. The molecule has 186 valence electrons. The topological polar surface area (TPSA) is 48.4 Å². The minimum absolute atomic E-state index is 0.0298. The number of hydrogen-bond acceptors (Lipinski definition) is 5. The lowest BCUT2D eigenvalue weighted by atomic mass is 9.97. The van der Waals surface area contributed by atoms with E-state index in [4.69, 9.17) is 9.84 Å². The monoisotopic (exact) mass is 486 g/mol. The van der Waals surface area contributed by atoms with Gasteiger partial charge >= 0.3 is 0 Å². The zero-order valence-corrected chi connectivity index (χ0v) is 20.7. The van der Waals surface area contributed by atoms with E-state index in [1.807, 2.05) is 47.4 Å². The quantitative estimate of drug-likeness (QED) is 0.509. The van der Waals surface area contributed by atoms with E-state index < -0.39 is 0 Å². The number of nitrogens with zero attached hydrogens (tertiary/aromatic N) is 4. The van der Waals surface area contributed by atoms with Crippen LogP contribution in [0.5, 0.6) is 5.75 Å². The normalized spacial score (nSPS) is 18.3. The van der Waals surface area contributed by atoms with Crippen molar-refractivity contribution in [3.8, 4) is 5.75 Å². The molecule has 0 aliphatic carbocycles. The third kappa shape index (κ3) is 5.11. The minimum Gasteiger partial charge on any atom is -0.497 e. The molecule has 1 atom stereocenters. The highest BCUT2D eigenvalue weighted by molar-refractivity contribution is 6.03. The average molecular weight is 487 g/mol. The Hall–Kier alpha value is -3.71. The third-order valence-electron chi connectivity index (χ3n) is 6.94. The number of hydrogen-bond donors (Lipinski definition) is 0. The van der Waals surface area contributed by atoms with E-state index in [0.717, 1.165) is 28.2 Å². The SMILES string of the molecule is COc1ccc([C@H]2CC(c3cccc(C)c3)=NN2C(=O)CN2CCN(c3ccccc3F)CC2)cc1. The van der Waals surface area contributed by atoms with Gasteiger partial charge in [0.15, 0.2) is 0 Å². The highest BCUT2D eigenvalue weighted by atomic mass is 19.1. The number of piperazine rings is 1. The molecule has 6 nitrogen and oxygen atoms in total. The maximum absolute atomic E-state index is 14.2. The van der Waals surface area contributed by atoms with Gasteiger partial charge in [0, 0.05) is 32.6 Å². The number of benzene rings is 3. The van der Waals surface area contributed by atoms with Crippen LogP contribution in [0.3, 0.4) is 0 Å². The van der Waals surface area contributed by atoms with Crippen molar-refractivity contribution in [1.29, 1.82) is 0 Å². The van der Waals surface area contributed by atoms with Gasteiger partial charge in [0.1, 0.15) is 11.6 Å². The Bertz CT molecular complexity index is 1250. The summed E-state index contributed by atoms with van der Waals surface area (Å²) in [5.74, 6) is 0.541. The lowest BCUT2D eigenvalue weighted by Gasteiger charge is -2.36. The second kappa shape index (κ2) is 10.5. The third-order valence-corrected chi connectivity index (χ3v) is 6.94. The fourth-order valence-electron chi connectivity index (χ4n) is 4.94. The van der Waals surface area contributed by atoms with Gasteiger partial charge in [-0.1, -0.05) is 54.1 Å². The van der Waals surface area contributed by atoms with E-state index in [0.29, 0.717) is 38.3 Å². The molecule has 0 aromatic heterocycles. The van der Waals surface area contributed by atoms with E-state index in [9.17, 15) is 9.18 Å². The van der Waals surface area contributed by atoms with Gasteiger partial charge < -0.3 is 9.64 Å². The van der Waals surface area contributed by atoms with Crippen LogP contribution in [0.15, 0.2) is 77.9 Å². The van der Waals surface area contributed by atoms with Crippen molar-refractivity contribution in [3.05, 3.63) is 95.3 Å². The molecule has 0 N–H and O–H groups in total. The molecular formula is C29H31FN4O2. The lowest BCUT2D eigenvalue weighted by Crippen LogP contribution is -2.49. The molecule has 5 rings (SSSR count). The predicted molar refractivity (Wildman–Crippen MR) is 140 cm³/mol. The Kier molecular flexibility index (Phi) is 7.00. The van der Waals surface area contributed by atoms with E-state index in [1.54, 1.807) is 24.3 Å². The number of aryl methyl sites for hydroxylation is 1. The molecule has 7 heteroatoms. The molecule has 3 aromatic rings. The summed E-state index contributed by atoms with van der Waals surface area (Å²) >= 11 is 0. The van der Waals surface area contributed by atoms with Gasteiger partial charge in [-0.2, -0.15) is 5.10 Å². The molecule has 0 saturated carbocycles. The first-order valence-electron chi connectivity index (χ1n) is 12.3. The summed E-state index contributed by atoms with van der Waals surface area (Å²) < 4.78 is 19.5. The largest absolute Gasteiger partial charge is 0.497 e. The summed E-state index contributed by atoms with van der Waals surface area (Å²) in [6, 6.07) is 22.8. The van der Waals surface area contributed by atoms with Crippen molar-refractivity contribution in [2.75, 3.05) is 44.7 Å². The van der Waals surface area contributed by atoms with Crippen LogP contribution in [-0.4, -0.2) is 61.4 Å². The number of anilines is 1. The summed E-state index contributed by atoms with van der Waals surface area (Å²) in [5, 5.41) is 6.48. The van der Waals surface area contributed by atoms with Gasteiger partial charge in [0.05, 0.1) is 31.1 Å². The van der Waals surface area contributed by atoms with Crippen LogP contribution in [0, 0.1) is 12.7 Å². The number of rotatable bonds is 6. The van der Waals surface area contributed by atoms with E-state index in [2.05, 4.69) is 24.0 Å². The van der Waals surface area contributed by atoms with Crippen molar-refractivity contribution < 1.29 is 13.9 Å². The molecular weight excluding hydrogens is 455 g/mol. The fraction of sp³-hybridized carbons (Fsp3) is 0.310. The molecule has 1 amide bonds. The molecule has 2 aliphatic heterocycles. The first kappa shape index (κ1) is 24.0. The van der Waals surface area contributed by atoms with Gasteiger partial charge in [-0.3, -0.25) is 9.69 Å². The number of hydrazone groups is 1. The maximum atomic E-state index is 14.2. The molecule has 0 radical (unpaired) electrons. The van der Waals surface area contributed by atoms with Gasteiger partial charge in [-0.15, -0.1) is 0 Å². The summed E-state index contributed by atoms with van der Waals surface area (Å²) in [5.41, 5.74) is 4.77. The van der Waals surface area contributed by atoms with Crippen LogP contribution in [0.1, 0.15) is 29.2 Å². The Balaban J connectivity index is 1.31. The number of halogens is 1. The van der Waals surface area contributed by atoms with Crippen LogP contribution in [0.4, 0.5) is 10.1 Å². The Morgan fingerprint density at radius 1 is 1.00 bits per heavy atom. The molecule has 1 saturated heterocycles. The van der Waals surface area contributed by atoms with Crippen molar-refractivity contribution in [1.82, 2.24) is 9.91 Å². The van der Waals surface area contributed by atoms with Crippen LogP contribution in [0.25, 0.3) is 0 Å². The first-order valence-corrected chi connectivity index (χ1v) is 12.3. The minimum atomic E-state index is -0.209. The molecule has 2 aliphatic rings. The van der Waals surface area contributed by atoms with Crippen molar-refractivity contribution in [3.63, 3.8) is 0 Å². The predicted octanol–water partition coefficient (Wildman–Crippen LogP) is 4.64. The smallest absolute Gasteiger partial charge is 0.257 e. The van der Waals surface area contributed by atoms with Crippen molar-refractivity contribution >= 4 is 17.3 Å². The number of amides is 1. The summed E-state index contributed by atoms with van der Waals surface area (Å²) in [6.07, 6.45) is 0.655. The number of ether oxygens (including phenoxy) is 1. The first-order chi connectivity index (χ1) is 17.5. The van der Waals surface area contributed by atoms with Gasteiger partial charge in [-0.25, -0.2) is 9.40 Å². The standard InChI is InChI=1S/C29H31FN4O2/c1-21-6-5-7-23(18-21)26-19-28(22-10-12-24(36-2)13-11-22)34(31-26)29(35)20-32-14-16-33(17-15-32)27-9-4-3-8-25(27)30/h3-13,18,28H,14-17,19-20H2,1-2H3/t28-/m1/s1. The van der Waals surface area contributed by atoms with Crippen molar-refractivity contribution in [2.45, 2.75) is 19.4 Å². The maximum Gasteiger partial charge on any atom is 0.257 e. The fourth-order valence-corrected chi connectivity index (χ4v) is 4.94. The Morgan fingerprint density at radius 2 is 1.75 bits per heavy atom. The van der Waals surface area contributed by atoms with E-state index >= 15 is 0 Å². The van der Waals surface area contributed by atoms with Gasteiger partial charge in [0.25, 0.3) is 5.91 Å². The second-order valence-corrected chi connectivity index (χ2v) is 9.36. The molecule has 0 bridgehead atoms. The van der Waals surface area contributed by atoms with Crippen LogP contribution in [-0.2, 0) is 4.79 Å². The van der Waals surface area contributed by atoms with Crippen molar-refractivity contribution in [2.24, 2.45) is 5.10 Å². The summed E-state index contributed by atoms with van der Waals surface area (Å²) in [4.78, 5) is 17.7. The molecule has 1 fully saturated rings. The molecule has 3 aromatic carbocycles. The lowest BCUT2D eigenvalue weighted by molar-refractivity contribution is -0.134. The van der Waals surface area contributed by atoms with E-state index in [-0.39, 0.29) is 24.3 Å². The number of methoxy groups -OCH3 is 1. The average Bonchev–Trinajstić information content (AvgIpc) is 3.35. The molecule has 2 heterocycles. The van der Waals surface area contributed by atoms with Gasteiger partial charge in [0.2, 0.25) is 0 Å². The number of carbonyl (C=O) groups is 1. The highest BCUT2D eigenvalue weighted by Crippen LogP contribution is 2.34. The molecule has 36 heavy (non-hydrogen) atoms. The number of para-hydroxylation sites is 1. The number of carbonyl (C=O) groups excluding carboxylic acids is 1. The Labute approximate surface area is 211 Å². The van der Waals surface area contributed by atoms with Crippen LogP contribution < -0.4 is 9.64 Å². The second-order valence-electron chi connectivity index (χ2n) is 9.36. The molecule has 0 unspecified atom stereocenters.